The first kappa shape index (κ1) is 18.7. The maximum absolute atomic E-state index is 12.9. The maximum atomic E-state index is 12.9. The quantitative estimate of drug-likeness (QED) is 0.568. The Kier molecular flexibility index (Phi) is 5.12. The Morgan fingerprint density at radius 3 is 2.29 bits per heavy atom. The Morgan fingerprint density at radius 2 is 1.64 bits per heavy atom. The fourth-order valence-corrected chi connectivity index (χ4v) is 2.48. The molecule has 0 fully saturated rings. The molecule has 0 saturated heterocycles. The first-order chi connectivity index (χ1) is 13.4. The van der Waals surface area contributed by atoms with Gasteiger partial charge in [-0.05, 0) is 30.3 Å². The summed E-state index contributed by atoms with van der Waals surface area (Å²) in [5.41, 5.74) is 3.28. The third-order valence-corrected chi connectivity index (χ3v) is 3.79. The Balaban J connectivity index is 1.77. The van der Waals surface area contributed by atoms with Gasteiger partial charge in [0.2, 0.25) is 0 Å². The zero-order valence-corrected chi connectivity index (χ0v) is 14.2. The van der Waals surface area contributed by atoms with Crippen LogP contribution >= 0.6 is 0 Å². The Labute approximate surface area is 156 Å². The van der Waals surface area contributed by atoms with E-state index in [-0.39, 0.29) is 22.0 Å². The summed E-state index contributed by atoms with van der Waals surface area (Å²) in [6.07, 6.45) is 0. The fraction of sp³-hybridized carbons (Fsp3) is 0.0556. The van der Waals surface area contributed by atoms with Crippen LogP contribution in [0.15, 0.2) is 53.3 Å². The number of nitrogens with one attached hydrogen (secondary N) is 2. The Bertz CT molecular complexity index is 1140. The average Bonchev–Trinajstić information content (AvgIpc) is 2.68. The number of carboxylic acid groups (broad SMARTS) is 1. The predicted octanol–water partition coefficient (Wildman–Crippen LogP) is 0.695. The van der Waals surface area contributed by atoms with E-state index < -0.39 is 35.7 Å². The van der Waals surface area contributed by atoms with Crippen LogP contribution in [0, 0.1) is 5.82 Å². The van der Waals surface area contributed by atoms with Crippen molar-refractivity contribution in [2.45, 2.75) is 6.54 Å². The molecule has 3 N–H and O–H groups in total. The molecule has 0 aliphatic carbocycles. The van der Waals surface area contributed by atoms with Crippen LogP contribution < -0.4 is 16.4 Å². The number of halogens is 1. The number of hydrazine groups is 1. The molecule has 9 nitrogen and oxygen atoms in total. The number of hydrogen-bond donors (Lipinski definition) is 3. The lowest BCUT2D eigenvalue weighted by atomic mass is 10.1. The second-order valence-corrected chi connectivity index (χ2v) is 5.67. The minimum Gasteiger partial charge on any atom is -0.476 e. The average molecular weight is 384 g/mol. The fourth-order valence-electron chi connectivity index (χ4n) is 2.48. The van der Waals surface area contributed by atoms with E-state index in [1.54, 1.807) is 12.1 Å². The van der Waals surface area contributed by atoms with Gasteiger partial charge in [0.15, 0.2) is 5.69 Å². The highest BCUT2D eigenvalue weighted by Gasteiger charge is 2.17. The Hall–Kier alpha value is -4.08. The van der Waals surface area contributed by atoms with Crippen LogP contribution in [0.25, 0.3) is 10.8 Å². The van der Waals surface area contributed by atoms with Crippen LogP contribution in [-0.2, 0) is 11.3 Å². The van der Waals surface area contributed by atoms with Crippen LogP contribution in [0.2, 0.25) is 0 Å². The highest BCUT2D eigenvalue weighted by Crippen LogP contribution is 2.13. The van der Waals surface area contributed by atoms with Crippen molar-refractivity contribution in [1.82, 2.24) is 20.6 Å². The van der Waals surface area contributed by atoms with Crippen LogP contribution in [0.3, 0.4) is 0 Å². The van der Waals surface area contributed by atoms with Crippen molar-refractivity contribution in [2.24, 2.45) is 0 Å². The maximum Gasteiger partial charge on any atom is 0.357 e. The molecular formula is C18H13FN4O5. The molecule has 1 heterocycles. The standard InChI is InChI=1S/C18H13FN4O5/c19-11-7-5-10(6-8-11)16(25)21-20-14(24)9-23-17(26)13-4-2-1-3-12(13)15(22-23)18(27)28/h1-8H,9H2,(H,20,24)(H,21,25)(H,27,28). The van der Waals surface area contributed by atoms with Crippen LogP contribution in [0.4, 0.5) is 4.39 Å². The number of aromatic nitrogens is 2. The van der Waals surface area contributed by atoms with Gasteiger partial charge < -0.3 is 5.11 Å². The molecule has 3 aromatic rings. The SMILES string of the molecule is O=C(Cn1nc(C(=O)O)c2ccccc2c1=O)NNC(=O)c1ccc(F)cc1. The van der Waals surface area contributed by atoms with E-state index in [1.807, 2.05) is 0 Å². The zero-order valence-electron chi connectivity index (χ0n) is 14.2. The highest BCUT2D eigenvalue weighted by molar-refractivity contribution is 6.01. The van der Waals surface area contributed by atoms with Gasteiger partial charge in [-0.15, -0.1) is 0 Å². The predicted molar refractivity (Wildman–Crippen MR) is 95.0 cm³/mol. The lowest BCUT2D eigenvalue weighted by molar-refractivity contribution is -0.122. The summed E-state index contributed by atoms with van der Waals surface area (Å²) in [6.45, 7) is -0.617. The number of nitrogens with zero attached hydrogens (tertiary/aromatic N) is 2. The van der Waals surface area contributed by atoms with Crippen molar-refractivity contribution >= 4 is 28.6 Å². The lowest BCUT2D eigenvalue weighted by Gasteiger charge is -2.10. The minimum atomic E-state index is -1.35. The van der Waals surface area contributed by atoms with Crippen LogP contribution in [-0.4, -0.2) is 32.7 Å². The van der Waals surface area contributed by atoms with Crippen molar-refractivity contribution in [3.05, 3.63) is 76.0 Å². The van der Waals surface area contributed by atoms with Crippen molar-refractivity contribution < 1.29 is 23.9 Å². The van der Waals surface area contributed by atoms with Crippen molar-refractivity contribution in [3.8, 4) is 0 Å². The normalized spacial score (nSPS) is 10.5. The summed E-state index contributed by atoms with van der Waals surface area (Å²) in [5, 5.41) is 13.3. The van der Waals surface area contributed by atoms with Gasteiger partial charge in [-0.3, -0.25) is 25.2 Å². The van der Waals surface area contributed by atoms with E-state index in [2.05, 4.69) is 16.0 Å². The summed E-state index contributed by atoms with van der Waals surface area (Å²) in [7, 11) is 0. The molecule has 1 aromatic heterocycles. The molecule has 0 bridgehead atoms. The van der Waals surface area contributed by atoms with E-state index in [4.69, 9.17) is 0 Å². The molecular weight excluding hydrogens is 371 g/mol. The molecule has 0 radical (unpaired) electrons. The molecule has 0 aliphatic rings. The van der Waals surface area contributed by atoms with Gasteiger partial charge in [-0.2, -0.15) is 5.10 Å². The number of carbonyl (C=O) groups excluding carboxylic acids is 2. The molecule has 10 heteroatoms. The minimum absolute atomic E-state index is 0.0954. The number of benzene rings is 2. The third-order valence-electron chi connectivity index (χ3n) is 3.79. The molecule has 28 heavy (non-hydrogen) atoms. The number of carbonyl (C=O) groups is 3. The zero-order chi connectivity index (χ0) is 20.3. The van der Waals surface area contributed by atoms with Crippen LogP contribution in [0.5, 0.6) is 0 Å². The van der Waals surface area contributed by atoms with E-state index in [0.717, 1.165) is 12.1 Å². The second-order valence-electron chi connectivity index (χ2n) is 5.67. The Morgan fingerprint density at radius 1 is 1.00 bits per heavy atom. The molecule has 0 atom stereocenters. The lowest BCUT2D eigenvalue weighted by Crippen LogP contribution is -2.44. The summed E-state index contributed by atoms with van der Waals surface area (Å²) >= 11 is 0. The molecule has 0 unspecified atom stereocenters. The van der Waals surface area contributed by atoms with Gasteiger partial charge in [-0.1, -0.05) is 18.2 Å². The molecule has 0 spiro atoms. The number of aromatic carboxylic acids is 1. The summed E-state index contributed by atoms with van der Waals surface area (Å²) in [6, 6.07) is 10.6. The molecule has 2 aromatic carbocycles. The number of carboxylic acids is 1. The summed E-state index contributed by atoms with van der Waals surface area (Å²) in [4.78, 5) is 47.8. The van der Waals surface area contributed by atoms with E-state index >= 15 is 0 Å². The molecule has 2 amide bonds. The molecule has 0 aliphatic heterocycles. The number of amides is 2. The van der Waals surface area contributed by atoms with Gasteiger partial charge >= 0.3 is 5.97 Å². The van der Waals surface area contributed by atoms with Gasteiger partial charge in [0.1, 0.15) is 12.4 Å². The van der Waals surface area contributed by atoms with E-state index in [0.29, 0.717) is 4.68 Å². The summed E-state index contributed by atoms with van der Waals surface area (Å²) in [5.74, 6) is -3.37. The van der Waals surface area contributed by atoms with Gasteiger partial charge in [0, 0.05) is 10.9 Å². The van der Waals surface area contributed by atoms with Gasteiger partial charge in [-0.25, -0.2) is 13.9 Å². The first-order valence-corrected chi connectivity index (χ1v) is 7.94. The summed E-state index contributed by atoms with van der Waals surface area (Å²) < 4.78 is 13.6. The van der Waals surface area contributed by atoms with Crippen molar-refractivity contribution in [1.29, 1.82) is 0 Å². The molecule has 142 valence electrons. The van der Waals surface area contributed by atoms with Crippen molar-refractivity contribution in [2.75, 3.05) is 0 Å². The highest BCUT2D eigenvalue weighted by atomic mass is 19.1. The number of rotatable bonds is 4. The van der Waals surface area contributed by atoms with Gasteiger partial charge in [0.25, 0.3) is 17.4 Å². The van der Waals surface area contributed by atoms with E-state index in [9.17, 15) is 28.7 Å². The molecule has 0 saturated carbocycles. The van der Waals surface area contributed by atoms with E-state index in [1.165, 1.54) is 24.3 Å². The van der Waals surface area contributed by atoms with Crippen LogP contribution in [0.1, 0.15) is 20.8 Å². The first-order valence-electron chi connectivity index (χ1n) is 7.94. The van der Waals surface area contributed by atoms with Crippen molar-refractivity contribution in [3.63, 3.8) is 0 Å². The monoisotopic (exact) mass is 384 g/mol. The molecule has 3 rings (SSSR count). The topological polar surface area (TPSA) is 130 Å². The largest absolute Gasteiger partial charge is 0.476 e. The number of hydrogen-bond acceptors (Lipinski definition) is 5. The second kappa shape index (κ2) is 7.66. The van der Waals surface area contributed by atoms with Gasteiger partial charge in [0.05, 0.1) is 5.39 Å². The third kappa shape index (κ3) is 3.85. The smallest absolute Gasteiger partial charge is 0.357 e. The number of fused-ring (bicyclic) bond motifs is 1.